The fourth-order valence-corrected chi connectivity index (χ4v) is 5.76. The average molecular weight is 545 g/mol. The van der Waals surface area contributed by atoms with Crippen LogP contribution in [-0.4, -0.2) is 42.5 Å². The number of aryl methyl sites for hydroxylation is 1. The van der Waals surface area contributed by atoms with Crippen LogP contribution in [0.5, 0.6) is 5.88 Å². The number of fused-ring (bicyclic) bond motifs is 1. The molecule has 2 heterocycles. The molecule has 0 saturated carbocycles. The van der Waals surface area contributed by atoms with Gasteiger partial charge in [0.2, 0.25) is 5.88 Å². The number of halogens is 1. The van der Waals surface area contributed by atoms with Crippen molar-refractivity contribution >= 4 is 29.1 Å². The number of likely N-dealkylation sites (N-methyl/N-ethyl adjacent to an activating group) is 1. The zero-order chi connectivity index (χ0) is 27.7. The number of amides is 2. The first-order valence-electron chi connectivity index (χ1n) is 13.4. The van der Waals surface area contributed by atoms with E-state index in [1.54, 1.807) is 20.2 Å². The third kappa shape index (κ3) is 5.04. The van der Waals surface area contributed by atoms with Crippen molar-refractivity contribution < 1.29 is 14.3 Å². The molecule has 1 aliphatic heterocycles. The van der Waals surface area contributed by atoms with Crippen molar-refractivity contribution in [2.45, 2.75) is 45.4 Å². The number of carbonyl (C=O) groups is 2. The molecule has 39 heavy (non-hydrogen) atoms. The maximum Gasteiger partial charge on any atom is 0.273 e. The van der Waals surface area contributed by atoms with Gasteiger partial charge in [-0.1, -0.05) is 61.9 Å². The monoisotopic (exact) mass is 544 g/mol. The lowest BCUT2D eigenvalue weighted by Gasteiger charge is -2.25. The number of carbonyl (C=O) groups excluding carboxylic acids is 2. The Balaban J connectivity index is 1.58. The molecular formula is C31H33ClN4O3. The Morgan fingerprint density at radius 1 is 1.18 bits per heavy atom. The Kier molecular flexibility index (Phi) is 7.73. The van der Waals surface area contributed by atoms with Crippen LogP contribution in [0, 0.1) is 0 Å². The minimum atomic E-state index is -0.427. The summed E-state index contributed by atoms with van der Waals surface area (Å²) in [5.41, 5.74) is 10.5. The van der Waals surface area contributed by atoms with Crippen molar-refractivity contribution in [2.75, 3.05) is 26.0 Å². The number of hydrazine groups is 1. The number of pyridine rings is 1. The molecule has 3 aromatic rings. The van der Waals surface area contributed by atoms with Gasteiger partial charge in [-0.05, 0) is 60.4 Å². The summed E-state index contributed by atoms with van der Waals surface area (Å²) in [5.74, 6) is -0.00829. The van der Waals surface area contributed by atoms with Crippen LogP contribution in [0.4, 0.5) is 5.69 Å². The molecule has 0 fully saturated rings. The molecule has 202 valence electrons. The summed E-state index contributed by atoms with van der Waals surface area (Å²) in [6.07, 6.45) is 5.54. The van der Waals surface area contributed by atoms with E-state index in [4.69, 9.17) is 21.3 Å². The van der Waals surface area contributed by atoms with E-state index in [1.807, 2.05) is 36.4 Å². The predicted octanol–water partition coefficient (Wildman–Crippen LogP) is 5.92. The van der Waals surface area contributed by atoms with Crippen molar-refractivity contribution in [3.63, 3.8) is 0 Å². The molecule has 7 nitrogen and oxygen atoms in total. The van der Waals surface area contributed by atoms with Crippen LogP contribution in [0.2, 0.25) is 5.02 Å². The van der Waals surface area contributed by atoms with Crippen LogP contribution < -0.4 is 15.5 Å². The summed E-state index contributed by atoms with van der Waals surface area (Å²) in [7, 11) is 3.26. The smallest absolute Gasteiger partial charge is 0.273 e. The molecule has 8 heteroatoms. The SMILES string of the molecule is CCC(C)c1c(NC(=O)C2=CCNN(C)C2=O)cccc1-c1cccc(-c2cc3c(c(OC)n2)CCC3)c1Cl. The summed E-state index contributed by atoms with van der Waals surface area (Å²) < 4.78 is 5.63. The summed E-state index contributed by atoms with van der Waals surface area (Å²) in [5, 5.41) is 4.93. The first kappa shape index (κ1) is 26.9. The van der Waals surface area contributed by atoms with Crippen molar-refractivity contribution in [2.24, 2.45) is 0 Å². The highest BCUT2D eigenvalue weighted by Gasteiger charge is 2.27. The normalized spacial score (nSPS) is 15.6. The standard InChI is InChI=1S/C31H33ClN4O3/c1-5-18(2)27-21(11-8-14-25(27)34-29(37)24-15-16-33-36(3)31(24)38)22-12-7-13-23(28(22)32)26-17-19-9-6-10-20(19)30(35-26)39-4/h7-8,11-15,17-18,33H,5-6,9-10,16H2,1-4H3,(H,34,37). The van der Waals surface area contributed by atoms with Gasteiger partial charge in [-0.3, -0.25) is 14.6 Å². The molecule has 2 amide bonds. The Bertz CT molecular complexity index is 1480. The number of nitrogens with one attached hydrogen (secondary N) is 2. The second kappa shape index (κ2) is 11.2. The van der Waals surface area contributed by atoms with E-state index >= 15 is 0 Å². The first-order valence-corrected chi connectivity index (χ1v) is 13.7. The van der Waals surface area contributed by atoms with Crippen LogP contribution in [0.1, 0.15) is 49.3 Å². The average Bonchev–Trinajstić information content (AvgIpc) is 3.42. The summed E-state index contributed by atoms with van der Waals surface area (Å²) in [6, 6.07) is 13.9. The number of benzene rings is 2. The van der Waals surface area contributed by atoms with Gasteiger partial charge in [0.05, 0.1) is 17.8 Å². The lowest BCUT2D eigenvalue weighted by Crippen LogP contribution is -2.46. The van der Waals surface area contributed by atoms with E-state index in [0.29, 0.717) is 23.1 Å². The summed E-state index contributed by atoms with van der Waals surface area (Å²) >= 11 is 7.12. The number of ether oxygens (including phenoxy) is 1. The fourth-order valence-electron chi connectivity index (χ4n) is 5.44. The topological polar surface area (TPSA) is 83.6 Å². The number of aromatic nitrogens is 1. The zero-order valence-electron chi connectivity index (χ0n) is 22.7. The first-order chi connectivity index (χ1) is 18.8. The number of hydrogen-bond donors (Lipinski definition) is 2. The van der Waals surface area contributed by atoms with Gasteiger partial charge in [0.1, 0.15) is 5.57 Å². The maximum absolute atomic E-state index is 13.2. The van der Waals surface area contributed by atoms with Crippen molar-refractivity contribution in [3.8, 4) is 28.3 Å². The van der Waals surface area contributed by atoms with E-state index in [-0.39, 0.29) is 17.4 Å². The highest BCUT2D eigenvalue weighted by atomic mass is 35.5. The molecule has 0 bridgehead atoms. The molecule has 2 aliphatic rings. The lowest BCUT2D eigenvalue weighted by atomic mass is 9.87. The van der Waals surface area contributed by atoms with E-state index in [9.17, 15) is 9.59 Å². The molecule has 0 saturated heterocycles. The third-order valence-corrected chi connectivity index (χ3v) is 8.09. The number of methoxy groups -OCH3 is 1. The van der Waals surface area contributed by atoms with Crippen molar-refractivity contribution in [3.05, 3.63) is 75.8 Å². The Labute approximate surface area is 234 Å². The van der Waals surface area contributed by atoms with Crippen LogP contribution >= 0.6 is 11.6 Å². The molecule has 1 aromatic heterocycles. The van der Waals surface area contributed by atoms with Gasteiger partial charge >= 0.3 is 0 Å². The second-order valence-electron chi connectivity index (χ2n) is 10.0. The Morgan fingerprint density at radius 3 is 2.69 bits per heavy atom. The molecule has 2 N–H and O–H groups in total. The van der Waals surface area contributed by atoms with Crippen LogP contribution in [-0.2, 0) is 22.4 Å². The van der Waals surface area contributed by atoms with Crippen molar-refractivity contribution in [1.82, 2.24) is 15.4 Å². The van der Waals surface area contributed by atoms with Gasteiger partial charge in [-0.2, -0.15) is 0 Å². The minimum absolute atomic E-state index is 0.119. The van der Waals surface area contributed by atoms with Crippen molar-refractivity contribution in [1.29, 1.82) is 0 Å². The van der Waals surface area contributed by atoms with Gasteiger partial charge in [0, 0.05) is 36.0 Å². The van der Waals surface area contributed by atoms with Gasteiger partial charge in [-0.25, -0.2) is 10.4 Å². The zero-order valence-corrected chi connectivity index (χ0v) is 23.5. The molecule has 0 radical (unpaired) electrons. The van der Waals surface area contributed by atoms with Crippen LogP contribution in [0.3, 0.4) is 0 Å². The molecule has 1 atom stereocenters. The van der Waals surface area contributed by atoms with Gasteiger partial charge in [0.15, 0.2) is 0 Å². The second-order valence-corrected chi connectivity index (χ2v) is 10.4. The summed E-state index contributed by atoms with van der Waals surface area (Å²) in [4.78, 5) is 30.6. The largest absolute Gasteiger partial charge is 0.481 e. The molecule has 5 rings (SSSR count). The molecule has 2 aromatic carbocycles. The number of hydrogen-bond acceptors (Lipinski definition) is 5. The van der Waals surface area contributed by atoms with Crippen LogP contribution in [0.25, 0.3) is 22.4 Å². The van der Waals surface area contributed by atoms with E-state index < -0.39 is 5.91 Å². The highest BCUT2D eigenvalue weighted by Crippen LogP contribution is 2.43. The quantitative estimate of drug-likeness (QED) is 0.361. The highest BCUT2D eigenvalue weighted by molar-refractivity contribution is 6.36. The van der Waals surface area contributed by atoms with Crippen LogP contribution in [0.15, 0.2) is 54.1 Å². The Hall–Kier alpha value is -3.68. The van der Waals surface area contributed by atoms with Gasteiger partial charge in [-0.15, -0.1) is 0 Å². The van der Waals surface area contributed by atoms with E-state index in [0.717, 1.165) is 53.6 Å². The summed E-state index contributed by atoms with van der Waals surface area (Å²) in [6.45, 7) is 4.65. The lowest BCUT2D eigenvalue weighted by molar-refractivity contribution is -0.131. The minimum Gasteiger partial charge on any atom is -0.481 e. The molecule has 1 aliphatic carbocycles. The van der Waals surface area contributed by atoms with E-state index in [2.05, 4.69) is 30.7 Å². The molecule has 1 unspecified atom stereocenters. The number of nitrogens with zero attached hydrogens (tertiary/aromatic N) is 2. The number of anilines is 1. The van der Waals surface area contributed by atoms with Gasteiger partial charge < -0.3 is 10.1 Å². The predicted molar refractivity (Wildman–Crippen MR) is 155 cm³/mol. The molecular weight excluding hydrogens is 512 g/mol. The molecule has 0 spiro atoms. The fraction of sp³-hybridized carbons (Fsp3) is 0.323. The maximum atomic E-state index is 13.2. The van der Waals surface area contributed by atoms with Gasteiger partial charge in [0.25, 0.3) is 11.8 Å². The Morgan fingerprint density at radius 2 is 1.92 bits per heavy atom. The number of rotatable bonds is 7. The third-order valence-electron chi connectivity index (χ3n) is 7.68. The van der Waals surface area contributed by atoms with E-state index in [1.165, 1.54) is 16.1 Å².